The Morgan fingerprint density at radius 1 is 1.11 bits per heavy atom. The number of rotatable bonds is 10. The normalized spacial score (nSPS) is 10.9. The largest absolute Gasteiger partial charge is 0.493 e. The highest BCUT2D eigenvalue weighted by Crippen LogP contribution is 2.25. The van der Waals surface area contributed by atoms with Crippen molar-refractivity contribution in [2.45, 2.75) is 25.7 Å². The van der Waals surface area contributed by atoms with Gasteiger partial charge in [0, 0.05) is 18.9 Å². The molecule has 1 aromatic heterocycles. The molecule has 0 unspecified atom stereocenters. The van der Waals surface area contributed by atoms with Crippen molar-refractivity contribution in [1.82, 2.24) is 4.98 Å². The van der Waals surface area contributed by atoms with Crippen LogP contribution in [-0.4, -0.2) is 31.2 Å². The van der Waals surface area contributed by atoms with E-state index in [-0.39, 0.29) is 5.96 Å². The van der Waals surface area contributed by atoms with Crippen LogP contribution in [0.1, 0.15) is 25.7 Å². The summed E-state index contributed by atoms with van der Waals surface area (Å²) in [4.78, 5) is 9.51. The average Bonchev–Trinajstić information content (AvgIpc) is 2.71. The van der Waals surface area contributed by atoms with Crippen LogP contribution in [0.25, 0.3) is 0 Å². The van der Waals surface area contributed by atoms with Crippen LogP contribution in [0.15, 0.2) is 53.8 Å². The third kappa shape index (κ3) is 6.51. The van der Waals surface area contributed by atoms with Crippen molar-refractivity contribution in [2.75, 3.05) is 25.2 Å². The molecule has 0 saturated heterocycles. The number of anilines is 1. The Balaban J connectivity index is 1.64. The highest BCUT2D eigenvalue weighted by Gasteiger charge is 2.09. The maximum atomic E-state index is 9.25. The molecule has 27 heavy (non-hydrogen) atoms. The highest BCUT2D eigenvalue weighted by molar-refractivity contribution is 5.97. The van der Waals surface area contributed by atoms with E-state index < -0.39 is 0 Å². The molecule has 1 heterocycles. The summed E-state index contributed by atoms with van der Waals surface area (Å²) in [5.74, 6) is 1.71. The zero-order valence-electron chi connectivity index (χ0n) is 15.5. The monoisotopic (exact) mass is 367 g/mol. The van der Waals surface area contributed by atoms with E-state index in [2.05, 4.69) is 9.98 Å². The Morgan fingerprint density at radius 2 is 1.81 bits per heavy atom. The number of guanidine groups is 1. The van der Waals surface area contributed by atoms with Gasteiger partial charge in [0.05, 0.1) is 19.4 Å². The Kier molecular flexibility index (Phi) is 8.44. The second-order valence-electron chi connectivity index (χ2n) is 5.79. The van der Waals surface area contributed by atoms with Gasteiger partial charge in [0.25, 0.3) is 0 Å². The summed E-state index contributed by atoms with van der Waals surface area (Å²) in [5.41, 5.74) is 6.57. The van der Waals surface area contributed by atoms with E-state index in [0.717, 1.165) is 37.2 Å². The molecular formula is C20H25N5O2. The average molecular weight is 367 g/mol. The maximum Gasteiger partial charge on any atom is 0.209 e. The Hall–Kier alpha value is -3.27. The van der Waals surface area contributed by atoms with Gasteiger partial charge in [0.2, 0.25) is 5.96 Å². The number of aromatic nitrogens is 1. The number of methoxy groups -OCH3 is 1. The zero-order valence-corrected chi connectivity index (χ0v) is 15.5. The van der Waals surface area contributed by atoms with E-state index in [4.69, 9.17) is 15.2 Å². The lowest BCUT2D eigenvalue weighted by atomic mass is 10.2. The van der Waals surface area contributed by atoms with Crippen molar-refractivity contribution in [3.63, 3.8) is 0 Å². The van der Waals surface area contributed by atoms with Gasteiger partial charge in [0.1, 0.15) is 0 Å². The summed E-state index contributed by atoms with van der Waals surface area (Å²) in [6.07, 6.45) is 9.18. The van der Waals surface area contributed by atoms with Gasteiger partial charge in [-0.2, -0.15) is 5.26 Å². The first-order chi connectivity index (χ1) is 13.3. The molecule has 0 aliphatic carbocycles. The standard InChI is InChI=1S/C20H25N5O2/c1-26-18-8-4-5-9-19(18)27-15-7-3-2-6-12-24-20(22)25(16-21)17-10-13-23-14-11-17/h4-5,8-11,13-14H,2-3,6-7,12,15H2,1H3,(H2,22,24). The number of hydrogen-bond acceptors (Lipinski definition) is 5. The molecule has 2 aromatic rings. The van der Waals surface area contributed by atoms with Gasteiger partial charge in [-0.1, -0.05) is 18.6 Å². The molecule has 2 N–H and O–H groups in total. The van der Waals surface area contributed by atoms with Gasteiger partial charge in [-0.25, -0.2) is 4.90 Å². The number of ether oxygens (including phenoxy) is 2. The van der Waals surface area contributed by atoms with Crippen LogP contribution in [0.5, 0.6) is 11.5 Å². The second kappa shape index (κ2) is 11.4. The number of unbranched alkanes of at least 4 members (excludes halogenated alkanes) is 3. The molecule has 0 radical (unpaired) electrons. The summed E-state index contributed by atoms with van der Waals surface area (Å²) in [6, 6.07) is 11.1. The summed E-state index contributed by atoms with van der Waals surface area (Å²) in [5, 5.41) is 9.25. The van der Waals surface area contributed by atoms with E-state index in [0.29, 0.717) is 18.8 Å². The molecule has 0 atom stereocenters. The number of nitrogens with two attached hydrogens (primary N) is 1. The van der Waals surface area contributed by atoms with Crippen molar-refractivity contribution in [3.05, 3.63) is 48.8 Å². The number of para-hydroxylation sites is 2. The van der Waals surface area contributed by atoms with Crippen molar-refractivity contribution in [1.29, 1.82) is 5.26 Å². The van der Waals surface area contributed by atoms with Crippen LogP contribution < -0.4 is 20.1 Å². The molecule has 0 amide bonds. The van der Waals surface area contributed by atoms with Gasteiger partial charge in [-0.05, 0) is 43.5 Å². The number of benzene rings is 1. The molecule has 0 saturated carbocycles. The minimum absolute atomic E-state index is 0.197. The second-order valence-corrected chi connectivity index (χ2v) is 5.79. The number of pyridine rings is 1. The van der Waals surface area contributed by atoms with Crippen LogP contribution in [0.3, 0.4) is 0 Å². The number of nitrogens with zero attached hydrogens (tertiary/aromatic N) is 4. The van der Waals surface area contributed by atoms with Crippen LogP contribution in [0.2, 0.25) is 0 Å². The predicted octanol–water partition coefficient (Wildman–Crippen LogP) is 3.33. The lowest BCUT2D eigenvalue weighted by Crippen LogP contribution is -2.33. The third-order valence-electron chi connectivity index (χ3n) is 3.90. The van der Waals surface area contributed by atoms with Gasteiger partial charge in [-0.15, -0.1) is 0 Å². The fraction of sp³-hybridized carbons (Fsp3) is 0.350. The van der Waals surface area contributed by atoms with Gasteiger partial charge < -0.3 is 15.2 Å². The molecule has 0 spiro atoms. The first-order valence-corrected chi connectivity index (χ1v) is 8.92. The van der Waals surface area contributed by atoms with E-state index in [1.54, 1.807) is 31.6 Å². The van der Waals surface area contributed by atoms with Gasteiger partial charge in [0.15, 0.2) is 17.7 Å². The predicted molar refractivity (Wildman–Crippen MR) is 106 cm³/mol. The fourth-order valence-corrected chi connectivity index (χ4v) is 2.49. The first kappa shape index (κ1) is 20.0. The minimum atomic E-state index is 0.197. The summed E-state index contributed by atoms with van der Waals surface area (Å²) >= 11 is 0. The van der Waals surface area contributed by atoms with E-state index >= 15 is 0 Å². The van der Waals surface area contributed by atoms with E-state index in [1.807, 2.05) is 30.5 Å². The zero-order chi connectivity index (χ0) is 19.3. The number of hydrogen-bond donors (Lipinski definition) is 1. The van der Waals surface area contributed by atoms with Crippen LogP contribution >= 0.6 is 0 Å². The van der Waals surface area contributed by atoms with Crippen LogP contribution in [0.4, 0.5) is 5.69 Å². The SMILES string of the molecule is COc1ccccc1OCCCCCCN=C(N)N(C#N)c1ccncc1. The molecular weight excluding hydrogens is 342 g/mol. The van der Waals surface area contributed by atoms with Crippen LogP contribution in [0, 0.1) is 11.5 Å². The van der Waals surface area contributed by atoms with Crippen LogP contribution in [-0.2, 0) is 0 Å². The van der Waals surface area contributed by atoms with Gasteiger partial charge in [-0.3, -0.25) is 9.98 Å². The third-order valence-corrected chi connectivity index (χ3v) is 3.90. The number of aliphatic imine (C=N–C) groups is 1. The van der Waals surface area contributed by atoms with E-state index in [1.165, 1.54) is 4.90 Å². The molecule has 2 rings (SSSR count). The summed E-state index contributed by atoms with van der Waals surface area (Å²) in [7, 11) is 1.64. The van der Waals surface area contributed by atoms with Gasteiger partial charge >= 0.3 is 0 Å². The summed E-state index contributed by atoms with van der Waals surface area (Å²) in [6.45, 7) is 1.23. The van der Waals surface area contributed by atoms with Crippen molar-refractivity contribution in [3.8, 4) is 17.7 Å². The smallest absolute Gasteiger partial charge is 0.209 e. The molecule has 0 aliphatic heterocycles. The Bertz CT molecular complexity index is 758. The molecule has 0 fully saturated rings. The molecule has 0 aliphatic rings. The topological polar surface area (TPSA) is 96.8 Å². The molecule has 142 valence electrons. The lowest BCUT2D eigenvalue weighted by Gasteiger charge is -2.13. The molecule has 0 bridgehead atoms. The van der Waals surface area contributed by atoms with Crippen molar-refractivity contribution in [2.24, 2.45) is 10.7 Å². The highest BCUT2D eigenvalue weighted by atomic mass is 16.5. The molecule has 7 nitrogen and oxygen atoms in total. The maximum absolute atomic E-state index is 9.25. The molecule has 1 aromatic carbocycles. The summed E-state index contributed by atoms with van der Waals surface area (Å²) < 4.78 is 11.0. The Morgan fingerprint density at radius 3 is 2.52 bits per heavy atom. The quantitative estimate of drug-likeness (QED) is 0.227. The Labute approximate surface area is 160 Å². The molecule has 7 heteroatoms. The van der Waals surface area contributed by atoms with Crippen molar-refractivity contribution >= 4 is 11.6 Å². The van der Waals surface area contributed by atoms with Crippen molar-refractivity contribution < 1.29 is 9.47 Å². The number of nitriles is 1. The van der Waals surface area contributed by atoms with E-state index in [9.17, 15) is 5.26 Å². The first-order valence-electron chi connectivity index (χ1n) is 8.92. The minimum Gasteiger partial charge on any atom is -0.493 e. The lowest BCUT2D eigenvalue weighted by molar-refractivity contribution is 0.285. The fourth-order valence-electron chi connectivity index (χ4n) is 2.49.